The summed E-state index contributed by atoms with van der Waals surface area (Å²) in [6, 6.07) is 0.167. The smallest absolute Gasteiger partial charge is 0.106 e. The molecule has 1 aromatic rings. The van der Waals surface area contributed by atoms with Crippen molar-refractivity contribution in [1.29, 1.82) is 0 Å². The Bertz CT molecular complexity index is 439. The zero-order chi connectivity index (χ0) is 12.6. The first-order chi connectivity index (χ1) is 8.00. The quantitative estimate of drug-likeness (QED) is 0.719. The van der Waals surface area contributed by atoms with Crippen LogP contribution >= 0.6 is 15.9 Å². The largest absolute Gasteiger partial charge is 0.370 e. The van der Waals surface area contributed by atoms with Gasteiger partial charge in [-0.2, -0.15) is 0 Å². The lowest BCUT2D eigenvalue weighted by molar-refractivity contribution is 0.446. The van der Waals surface area contributed by atoms with Crippen molar-refractivity contribution in [2.75, 3.05) is 18.0 Å². The average molecular weight is 258 g/mol. The zero-order valence-electron chi connectivity index (χ0n) is 11.2. The number of piperidine rings is 1. The minimum Gasteiger partial charge on any atom is -0.370 e. The summed E-state index contributed by atoms with van der Waals surface area (Å²) in [6.45, 7) is 3.87. The summed E-state index contributed by atoms with van der Waals surface area (Å²) >= 11 is 3.11. The lowest BCUT2D eigenvalue weighted by Gasteiger charge is -2.32. The molecular formula is C11H15BrN2. The number of hydrogen-bond acceptors (Lipinski definition) is 2. The van der Waals surface area contributed by atoms with Crippen molar-refractivity contribution in [3.8, 4) is 0 Å². The van der Waals surface area contributed by atoms with Gasteiger partial charge < -0.3 is 4.90 Å². The minimum atomic E-state index is 0.0641. The predicted octanol–water partition coefficient (Wildman–Crippen LogP) is 3.08. The molecule has 1 aliphatic heterocycles. The zero-order valence-corrected chi connectivity index (χ0v) is 9.76. The fraction of sp³-hybridized carbons (Fsp3) is 0.545. The van der Waals surface area contributed by atoms with E-state index in [9.17, 15) is 0 Å². The molecule has 76 valence electrons. The highest BCUT2D eigenvalue weighted by Gasteiger charge is 2.16. The van der Waals surface area contributed by atoms with Crippen LogP contribution in [0.2, 0.25) is 0 Å². The number of hydrogen-bond donors (Lipinski definition) is 0. The summed E-state index contributed by atoms with van der Waals surface area (Å²) in [4.78, 5) is 5.99. The van der Waals surface area contributed by atoms with E-state index >= 15 is 0 Å². The monoisotopic (exact) mass is 257 g/mol. The Kier molecular flexibility index (Phi) is 2.10. The molecule has 1 fully saturated rings. The van der Waals surface area contributed by atoms with Gasteiger partial charge in [-0.25, -0.2) is 4.98 Å². The molecule has 2 rings (SSSR count). The van der Waals surface area contributed by atoms with Crippen LogP contribution in [0.25, 0.3) is 0 Å². The van der Waals surface area contributed by atoms with E-state index in [0.717, 1.165) is 19.5 Å². The third-order valence-corrected chi connectivity index (χ3v) is 2.89. The van der Waals surface area contributed by atoms with Crippen molar-refractivity contribution in [3.63, 3.8) is 0 Å². The Balaban J connectivity index is 2.41. The summed E-state index contributed by atoms with van der Waals surface area (Å²) < 4.78 is 23.8. The lowest BCUT2D eigenvalue weighted by Crippen LogP contribution is -2.34. The predicted molar refractivity (Wildman–Crippen MR) is 62.5 cm³/mol. The lowest BCUT2D eigenvalue weighted by atomic mass is 10.00. The van der Waals surface area contributed by atoms with Crippen LogP contribution in [0, 0.1) is 5.92 Å². The molecule has 0 aromatic carbocycles. The number of nitrogens with zero attached hydrogens (tertiary/aromatic N) is 2. The van der Waals surface area contributed by atoms with Gasteiger partial charge in [0, 0.05) is 13.1 Å². The maximum absolute atomic E-state index is 7.96. The number of pyridine rings is 1. The van der Waals surface area contributed by atoms with Gasteiger partial charge in [-0.1, -0.05) is 6.92 Å². The molecule has 3 heteroatoms. The van der Waals surface area contributed by atoms with Crippen LogP contribution in [0.4, 0.5) is 5.69 Å². The topological polar surface area (TPSA) is 16.1 Å². The molecule has 0 amide bonds. The Hall–Kier alpha value is -0.570. The molecule has 1 unspecified atom stereocenters. The Morgan fingerprint density at radius 2 is 2.50 bits per heavy atom. The number of rotatable bonds is 1. The first-order valence-corrected chi connectivity index (χ1v) is 5.68. The highest BCUT2D eigenvalue weighted by atomic mass is 79.9. The van der Waals surface area contributed by atoms with Crippen LogP contribution in [0.5, 0.6) is 0 Å². The van der Waals surface area contributed by atoms with E-state index in [4.69, 9.17) is 4.11 Å². The van der Waals surface area contributed by atoms with Crippen molar-refractivity contribution in [3.05, 3.63) is 22.9 Å². The molecule has 1 aliphatic rings. The molecule has 0 aliphatic carbocycles. The highest BCUT2D eigenvalue weighted by Crippen LogP contribution is 2.22. The van der Waals surface area contributed by atoms with Gasteiger partial charge in [-0.05, 0) is 46.8 Å². The first kappa shape index (κ1) is 6.83. The molecule has 1 saturated heterocycles. The van der Waals surface area contributed by atoms with Gasteiger partial charge in [0.05, 0.1) is 16.0 Å². The van der Waals surface area contributed by atoms with Crippen LogP contribution in [0.15, 0.2) is 22.9 Å². The van der Waals surface area contributed by atoms with Crippen LogP contribution in [0.1, 0.15) is 23.9 Å². The Labute approximate surface area is 97.7 Å². The molecule has 0 N–H and O–H groups in total. The molecule has 1 atom stereocenters. The van der Waals surface area contributed by atoms with Crippen molar-refractivity contribution in [2.24, 2.45) is 5.92 Å². The molecule has 0 spiro atoms. The second kappa shape index (κ2) is 4.30. The van der Waals surface area contributed by atoms with Crippen molar-refractivity contribution in [1.82, 2.24) is 4.98 Å². The molecule has 0 bridgehead atoms. The molecule has 1 aromatic heterocycles. The second-order valence-corrected chi connectivity index (χ2v) is 4.56. The normalized spacial score (nSPS) is 25.4. The van der Waals surface area contributed by atoms with Gasteiger partial charge in [0.1, 0.15) is 4.60 Å². The van der Waals surface area contributed by atoms with Crippen molar-refractivity contribution in [2.45, 2.75) is 19.8 Å². The molecule has 2 heterocycles. The number of halogens is 1. The fourth-order valence-electron chi connectivity index (χ4n) is 1.81. The van der Waals surface area contributed by atoms with E-state index in [1.54, 1.807) is 0 Å². The van der Waals surface area contributed by atoms with Crippen LogP contribution in [-0.2, 0) is 0 Å². The molecule has 0 saturated carbocycles. The van der Waals surface area contributed by atoms with Crippen LogP contribution in [0.3, 0.4) is 0 Å². The standard InChI is InChI=1S/C11H15BrN2/c1-9-3-2-6-14(8-9)10-4-5-11(12)13-7-10/h4-5,7,9H,2-3,6,8H2,1H3/i4D,5D,7D. The van der Waals surface area contributed by atoms with E-state index in [2.05, 4.69) is 27.8 Å². The fourth-order valence-corrected chi connectivity index (χ4v) is 2.00. The molecule has 14 heavy (non-hydrogen) atoms. The van der Waals surface area contributed by atoms with Gasteiger partial charge >= 0.3 is 0 Å². The Morgan fingerprint density at radius 1 is 1.64 bits per heavy atom. The van der Waals surface area contributed by atoms with Gasteiger partial charge in [0.15, 0.2) is 0 Å². The summed E-state index contributed by atoms with van der Waals surface area (Å²) in [7, 11) is 0. The summed E-state index contributed by atoms with van der Waals surface area (Å²) in [5, 5.41) is 0. The van der Waals surface area contributed by atoms with Gasteiger partial charge in [-0.15, -0.1) is 0 Å². The second-order valence-electron chi connectivity index (χ2n) is 3.81. The Morgan fingerprint density at radius 3 is 3.29 bits per heavy atom. The third-order valence-electron chi connectivity index (χ3n) is 2.52. The molecule has 0 radical (unpaired) electrons. The van der Waals surface area contributed by atoms with E-state index in [-0.39, 0.29) is 22.9 Å². The van der Waals surface area contributed by atoms with E-state index in [0.29, 0.717) is 11.6 Å². The van der Waals surface area contributed by atoms with Gasteiger partial charge in [-0.3, -0.25) is 0 Å². The average Bonchev–Trinajstić information content (AvgIpc) is 2.26. The van der Waals surface area contributed by atoms with Crippen molar-refractivity contribution >= 4 is 21.6 Å². The van der Waals surface area contributed by atoms with E-state index in [1.165, 1.54) is 6.42 Å². The van der Waals surface area contributed by atoms with E-state index < -0.39 is 0 Å². The third kappa shape index (κ3) is 2.27. The molecular weight excluding hydrogens is 240 g/mol. The molecule has 2 nitrogen and oxygen atoms in total. The number of aromatic nitrogens is 1. The van der Waals surface area contributed by atoms with Crippen molar-refractivity contribution < 1.29 is 4.11 Å². The van der Waals surface area contributed by atoms with Crippen LogP contribution in [-0.4, -0.2) is 18.1 Å². The summed E-state index contributed by atoms with van der Waals surface area (Å²) in [6.07, 6.45) is 2.35. The van der Waals surface area contributed by atoms with Gasteiger partial charge in [0.2, 0.25) is 0 Å². The first-order valence-electron chi connectivity index (χ1n) is 6.39. The maximum Gasteiger partial charge on any atom is 0.106 e. The van der Waals surface area contributed by atoms with Crippen LogP contribution < -0.4 is 4.90 Å². The minimum absolute atomic E-state index is 0.0641. The summed E-state index contributed by atoms with van der Waals surface area (Å²) in [5.74, 6) is 0.570. The SMILES string of the molecule is [2H]c1nc(Br)c([2H])c([2H])c1N1CCCC(C)C1. The highest BCUT2D eigenvalue weighted by molar-refractivity contribution is 9.10. The summed E-state index contributed by atoms with van der Waals surface area (Å²) in [5.41, 5.74) is 0.504. The van der Waals surface area contributed by atoms with E-state index in [1.807, 2.05) is 4.90 Å². The van der Waals surface area contributed by atoms with Gasteiger partial charge in [0.25, 0.3) is 0 Å². The number of anilines is 1. The maximum atomic E-state index is 7.96.